The minimum absolute atomic E-state index is 0.0435. The highest BCUT2D eigenvalue weighted by atomic mass is 19.1. The van der Waals surface area contributed by atoms with Crippen LogP contribution in [0.4, 0.5) is 21.5 Å². The molecule has 1 atom stereocenters. The third kappa shape index (κ3) is 6.35. The first-order valence-electron chi connectivity index (χ1n) is 8.60. The van der Waals surface area contributed by atoms with Crippen molar-refractivity contribution in [3.05, 3.63) is 64.5 Å². The second kappa shape index (κ2) is 10.0. The molecule has 0 saturated heterocycles. The lowest BCUT2D eigenvalue weighted by molar-refractivity contribution is -0.384. The summed E-state index contributed by atoms with van der Waals surface area (Å²) in [4.78, 5) is 34.3. The number of hydrogen-bond donors (Lipinski definition) is 2. The number of hydrogen-bond acceptors (Lipinski definition) is 6. The lowest BCUT2D eigenvalue weighted by atomic mass is 10.2. The van der Waals surface area contributed by atoms with Crippen LogP contribution in [0.1, 0.15) is 19.8 Å². The maximum atomic E-state index is 12.9. The van der Waals surface area contributed by atoms with Crippen LogP contribution in [0.5, 0.6) is 0 Å². The molecule has 1 amide bonds. The molecule has 8 nitrogen and oxygen atoms in total. The first-order chi connectivity index (χ1) is 13.4. The zero-order valence-corrected chi connectivity index (χ0v) is 15.2. The largest absolute Gasteiger partial charge is 0.453 e. The average Bonchev–Trinajstić information content (AvgIpc) is 2.67. The number of para-hydroxylation sites is 2. The van der Waals surface area contributed by atoms with E-state index in [-0.39, 0.29) is 12.1 Å². The Morgan fingerprint density at radius 3 is 2.54 bits per heavy atom. The second-order valence-electron chi connectivity index (χ2n) is 5.93. The van der Waals surface area contributed by atoms with E-state index in [0.29, 0.717) is 24.3 Å². The van der Waals surface area contributed by atoms with E-state index in [2.05, 4.69) is 10.6 Å². The third-order valence-corrected chi connectivity index (χ3v) is 3.76. The molecule has 0 aliphatic rings. The van der Waals surface area contributed by atoms with Crippen LogP contribution >= 0.6 is 0 Å². The number of nitrogens with one attached hydrogen (secondary N) is 2. The molecule has 0 aromatic heterocycles. The number of nitro benzene ring substituents is 1. The Morgan fingerprint density at radius 1 is 1.18 bits per heavy atom. The number of esters is 1. The minimum Gasteiger partial charge on any atom is -0.453 e. The van der Waals surface area contributed by atoms with Crippen molar-refractivity contribution in [1.29, 1.82) is 0 Å². The summed E-state index contributed by atoms with van der Waals surface area (Å²) in [6, 6.07) is 11.4. The molecule has 0 saturated carbocycles. The molecule has 2 aromatic carbocycles. The number of nitrogens with zero attached hydrogens (tertiary/aromatic N) is 1. The maximum Gasteiger partial charge on any atom is 0.306 e. The predicted molar refractivity (Wildman–Crippen MR) is 101 cm³/mol. The third-order valence-electron chi connectivity index (χ3n) is 3.76. The van der Waals surface area contributed by atoms with Gasteiger partial charge in [0.05, 0.1) is 4.92 Å². The minimum atomic E-state index is -1.01. The van der Waals surface area contributed by atoms with E-state index in [0.717, 1.165) is 0 Å². The normalized spacial score (nSPS) is 11.4. The fourth-order valence-electron chi connectivity index (χ4n) is 2.32. The van der Waals surface area contributed by atoms with Gasteiger partial charge in [-0.2, -0.15) is 0 Å². The molecule has 0 aliphatic heterocycles. The molecule has 2 aromatic rings. The topological polar surface area (TPSA) is 111 Å². The number of ether oxygens (including phenoxy) is 1. The Kier molecular flexibility index (Phi) is 7.44. The fourth-order valence-corrected chi connectivity index (χ4v) is 2.32. The number of nitro groups is 1. The Hall–Kier alpha value is -3.49. The van der Waals surface area contributed by atoms with Gasteiger partial charge >= 0.3 is 5.97 Å². The van der Waals surface area contributed by atoms with Gasteiger partial charge in [-0.05, 0) is 43.7 Å². The van der Waals surface area contributed by atoms with Crippen molar-refractivity contribution < 1.29 is 23.6 Å². The van der Waals surface area contributed by atoms with E-state index in [1.54, 1.807) is 18.2 Å². The van der Waals surface area contributed by atoms with Gasteiger partial charge in [-0.3, -0.25) is 19.7 Å². The van der Waals surface area contributed by atoms with Crippen molar-refractivity contribution in [2.45, 2.75) is 25.9 Å². The van der Waals surface area contributed by atoms with Crippen molar-refractivity contribution in [2.24, 2.45) is 0 Å². The van der Waals surface area contributed by atoms with Crippen LogP contribution in [0.2, 0.25) is 0 Å². The van der Waals surface area contributed by atoms with Gasteiger partial charge in [0.15, 0.2) is 6.10 Å². The molecule has 2 rings (SSSR count). The van der Waals surface area contributed by atoms with Gasteiger partial charge in [0, 0.05) is 24.7 Å². The highest BCUT2D eigenvalue weighted by molar-refractivity contribution is 5.95. The van der Waals surface area contributed by atoms with Gasteiger partial charge in [-0.1, -0.05) is 12.1 Å². The van der Waals surface area contributed by atoms with Crippen LogP contribution in [0.15, 0.2) is 48.5 Å². The number of rotatable bonds is 9. The summed E-state index contributed by atoms with van der Waals surface area (Å²) < 4.78 is 17.9. The summed E-state index contributed by atoms with van der Waals surface area (Å²) in [6.07, 6.45) is -0.598. The lowest BCUT2D eigenvalue weighted by Crippen LogP contribution is -2.30. The summed E-state index contributed by atoms with van der Waals surface area (Å²) in [6.45, 7) is 1.76. The van der Waals surface area contributed by atoms with Crippen molar-refractivity contribution >= 4 is 28.9 Å². The standard InChI is InChI=1S/C19H20FN3O5/c1-13(19(25)22-15-10-8-14(20)9-11-15)28-18(24)7-4-12-21-16-5-2-3-6-17(16)23(26)27/h2-3,5-6,8-11,13,21H,4,7,12H2,1H3,(H,22,25)/t13-/m0/s1. The predicted octanol–water partition coefficient (Wildman–Crippen LogP) is 3.50. The van der Waals surface area contributed by atoms with E-state index in [9.17, 15) is 24.1 Å². The SMILES string of the molecule is C[C@H](OC(=O)CCCNc1ccccc1[N+](=O)[O-])C(=O)Nc1ccc(F)cc1. The Labute approximate surface area is 160 Å². The first-order valence-corrected chi connectivity index (χ1v) is 8.60. The smallest absolute Gasteiger partial charge is 0.306 e. The van der Waals surface area contributed by atoms with E-state index < -0.39 is 28.7 Å². The highest BCUT2D eigenvalue weighted by Gasteiger charge is 2.18. The zero-order chi connectivity index (χ0) is 20.5. The molecule has 0 radical (unpaired) electrons. The van der Waals surface area contributed by atoms with E-state index in [1.807, 2.05) is 0 Å². The summed E-state index contributed by atoms with van der Waals surface area (Å²) in [5.41, 5.74) is 0.715. The van der Waals surface area contributed by atoms with E-state index in [1.165, 1.54) is 37.3 Å². The summed E-state index contributed by atoms with van der Waals surface area (Å²) in [5.74, 6) is -1.52. The maximum absolute atomic E-state index is 12.9. The fraction of sp³-hybridized carbons (Fsp3) is 0.263. The summed E-state index contributed by atoms with van der Waals surface area (Å²) >= 11 is 0. The van der Waals surface area contributed by atoms with Gasteiger partial charge in [-0.15, -0.1) is 0 Å². The molecule has 2 N–H and O–H groups in total. The number of benzene rings is 2. The summed E-state index contributed by atoms with van der Waals surface area (Å²) in [5, 5.41) is 16.4. The van der Waals surface area contributed by atoms with Crippen molar-refractivity contribution in [1.82, 2.24) is 0 Å². The Balaban J connectivity index is 1.72. The molecule has 0 unspecified atom stereocenters. The van der Waals surface area contributed by atoms with E-state index in [4.69, 9.17) is 4.74 Å². The molecule has 0 spiro atoms. The van der Waals surface area contributed by atoms with Gasteiger partial charge in [-0.25, -0.2) is 4.39 Å². The average molecular weight is 389 g/mol. The van der Waals surface area contributed by atoms with Crippen molar-refractivity contribution in [3.63, 3.8) is 0 Å². The Morgan fingerprint density at radius 2 is 1.86 bits per heavy atom. The van der Waals surface area contributed by atoms with Crippen molar-refractivity contribution in [2.75, 3.05) is 17.2 Å². The molecule has 9 heteroatoms. The van der Waals surface area contributed by atoms with Gasteiger partial charge in [0.2, 0.25) is 0 Å². The monoisotopic (exact) mass is 389 g/mol. The molecule has 0 aliphatic carbocycles. The molecule has 0 fully saturated rings. The van der Waals surface area contributed by atoms with Gasteiger partial charge in [0.1, 0.15) is 11.5 Å². The van der Waals surface area contributed by atoms with Crippen LogP contribution < -0.4 is 10.6 Å². The molecular formula is C19H20FN3O5. The number of carbonyl (C=O) groups is 2. The first kappa shape index (κ1) is 20.8. The molecule has 148 valence electrons. The van der Waals surface area contributed by atoms with Crippen molar-refractivity contribution in [3.8, 4) is 0 Å². The van der Waals surface area contributed by atoms with Crippen LogP contribution in [0, 0.1) is 15.9 Å². The molecule has 28 heavy (non-hydrogen) atoms. The van der Waals surface area contributed by atoms with Gasteiger partial charge < -0.3 is 15.4 Å². The second-order valence-corrected chi connectivity index (χ2v) is 5.93. The van der Waals surface area contributed by atoms with Crippen LogP contribution in [0.25, 0.3) is 0 Å². The summed E-state index contributed by atoms with van der Waals surface area (Å²) in [7, 11) is 0. The van der Waals surface area contributed by atoms with Crippen LogP contribution in [-0.2, 0) is 14.3 Å². The van der Waals surface area contributed by atoms with Crippen LogP contribution in [0.3, 0.4) is 0 Å². The number of carbonyl (C=O) groups excluding carboxylic acids is 2. The molecule has 0 heterocycles. The number of halogens is 1. The number of anilines is 2. The lowest BCUT2D eigenvalue weighted by Gasteiger charge is -2.13. The van der Waals surface area contributed by atoms with Gasteiger partial charge in [0.25, 0.3) is 11.6 Å². The highest BCUT2D eigenvalue weighted by Crippen LogP contribution is 2.23. The Bertz CT molecular complexity index is 842. The zero-order valence-electron chi connectivity index (χ0n) is 15.2. The quantitative estimate of drug-likeness (QED) is 0.294. The van der Waals surface area contributed by atoms with E-state index >= 15 is 0 Å². The molecular weight excluding hydrogens is 369 g/mol. The van der Waals surface area contributed by atoms with Crippen LogP contribution in [-0.4, -0.2) is 29.4 Å². The number of amides is 1. The molecule has 0 bridgehead atoms.